The largest absolute Gasteiger partial charge is 0.481 e. The van der Waals surface area contributed by atoms with Crippen LogP contribution in [0.25, 0.3) is 5.57 Å². The molecule has 5 rings (SSSR count). The Bertz CT molecular complexity index is 1280. The SMILES string of the molecule is CC(C)(C(=O)O)c1cccc(CCCN2CCC(=C3c4ccccc4CC(O)c4sccc43)CC2)c1. The molecule has 2 heterocycles. The average molecular weight is 502 g/mol. The summed E-state index contributed by atoms with van der Waals surface area (Å²) in [6, 6.07) is 18.8. The van der Waals surface area contributed by atoms with Crippen molar-refractivity contribution in [2.24, 2.45) is 0 Å². The first-order valence-electron chi connectivity index (χ1n) is 13.0. The van der Waals surface area contributed by atoms with E-state index in [2.05, 4.69) is 52.7 Å². The molecule has 0 amide bonds. The summed E-state index contributed by atoms with van der Waals surface area (Å²) in [5.41, 5.74) is 7.83. The summed E-state index contributed by atoms with van der Waals surface area (Å²) in [6.45, 7) is 6.68. The number of hydrogen-bond donors (Lipinski definition) is 2. The third-order valence-corrected chi connectivity index (χ3v) is 8.92. The van der Waals surface area contributed by atoms with Gasteiger partial charge in [-0.3, -0.25) is 4.79 Å². The third kappa shape index (κ3) is 4.93. The van der Waals surface area contributed by atoms with Crippen molar-refractivity contribution in [1.82, 2.24) is 4.90 Å². The molecule has 0 bridgehead atoms. The molecule has 1 atom stereocenters. The van der Waals surface area contributed by atoms with Gasteiger partial charge in [-0.25, -0.2) is 0 Å². The number of carbonyl (C=O) groups is 1. The average Bonchev–Trinajstić information content (AvgIpc) is 3.32. The fraction of sp³-hybridized carbons (Fsp3) is 0.387. The number of hydrogen-bond acceptors (Lipinski definition) is 4. The maximum absolute atomic E-state index is 11.6. The van der Waals surface area contributed by atoms with Crippen molar-refractivity contribution in [1.29, 1.82) is 0 Å². The molecule has 5 heteroatoms. The second-order valence-electron chi connectivity index (χ2n) is 10.6. The number of aliphatic hydroxyl groups excluding tert-OH is 1. The van der Waals surface area contributed by atoms with Gasteiger partial charge in [-0.2, -0.15) is 0 Å². The topological polar surface area (TPSA) is 60.8 Å². The minimum Gasteiger partial charge on any atom is -0.481 e. The maximum atomic E-state index is 11.6. The van der Waals surface area contributed by atoms with Crippen LogP contribution < -0.4 is 0 Å². The van der Waals surface area contributed by atoms with Crippen molar-refractivity contribution < 1.29 is 15.0 Å². The van der Waals surface area contributed by atoms with Gasteiger partial charge in [0.05, 0.1) is 11.5 Å². The van der Waals surface area contributed by atoms with Gasteiger partial charge in [-0.05, 0) is 90.9 Å². The molecule has 1 aromatic heterocycles. The highest BCUT2D eigenvalue weighted by atomic mass is 32.1. The van der Waals surface area contributed by atoms with E-state index in [-0.39, 0.29) is 0 Å². The minimum atomic E-state index is -0.873. The molecule has 2 N–H and O–H groups in total. The normalized spacial score (nSPS) is 18.5. The van der Waals surface area contributed by atoms with E-state index in [0.29, 0.717) is 6.42 Å². The highest BCUT2D eigenvalue weighted by Gasteiger charge is 2.30. The molecule has 0 spiro atoms. The van der Waals surface area contributed by atoms with Crippen LogP contribution in [0.5, 0.6) is 0 Å². The van der Waals surface area contributed by atoms with Crippen LogP contribution in [0, 0.1) is 0 Å². The van der Waals surface area contributed by atoms with Gasteiger partial charge in [0.25, 0.3) is 0 Å². The van der Waals surface area contributed by atoms with E-state index >= 15 is 0 Å². The zero-order chi connectivity index (χ0) is 25.3. The van der Waals surface area contributed by atoms with Crippen LogP contribution in [0.15, 0.2) is 65.6 Å². The first kappa shape index (κ1) is 24.9. The van der Waals surface area contributed by atoms with Gasteiger partial charge in [-0.15, -0.1) is 11.3 Å². The molecule has 0 saturated carbocycles. The molecule has 2 aromatic carbocycles. The highest BCUT2D eigenvalue weighted by Crippen LogP contribution is 2.43. The summed E-state index contributed by atoms with van der Waals surface area (Å²) >= 11 is 1.67. The van der Waals surface area contributed by atoms with E-state index < -0.39 is 17.5 Å². The molecule has 36 heavy (non-hydrogen) atoms. The summed E-state index contributed by atoms with van der Waals surface area (Å²) in [6.07, 6.45) is 4.37. The van der Waals surface area contributed by atoms with E-state index in [1.54, 1.807) is 25.2 Å². The Kier molecular flexibility index (Phi) is 7.16. The number of carboxylic acid groups (broad SMARTS) is 1. The van der Waals surface area contributed by atoms with Crippen molar-refractivity contribution in [2.75, 3.05) is 19.6 Å². The van der Waals surface area contributed by atoms with Gasteiger partial charge < -0.3 is 15.1 Å². The molecular weight excluding hydrogens is 466 g/mol. The van der Waals surface area contributed by atoms with Crippen molar-refractivity contribution in [3.8, 4) is 0 Å². The number of aryl methyl sites for hydroxylation is 1. The number of aliphatic carboxylic acids is 1. The van der Waals surface area contributed by atoms with Crippen LogP contribution in [0.4, 0.5) is 0 Å². The van der Waals surface area contributed by atoms with Crippen LogP contribution in [0.2, 0.25) is 0 Å². The Morgan fingerprint density at radius 2 is 1.83 bits per heavy atom. The van der Waals surface area contributed by atoms with E-state index in [1.165, 1.54) is 33.4 Å². The quantitative estimate of drug-likeness (QED) is 0.420. The third-order valence-electron chi connectivity index (χ3n) is 7.90. The van der Waals surface area contributed by atoms with E-state index in [1.807, 2.05) is 12.1 Å². The number of rotatable bonds is 6. The molecule has 1 saturated heterocycles. The molecule has 1 fully saturated rings. The number of thiophene rings is 1. The molecular formula is C31H35NO3S. The first-order valence-corrected chi connectivity index (χ1v) is 13.8. The second kappa shape index (κ2) is 10.3. The second-order valence-corrected chi connectivity index (χ2v) is 11.6. The minimum absolute atomic E-state index is 0.432. The fourth-order valence-corrected chi connectivity index (χ4v) is 6.49. The highest BCUT2D eigenvalue weighted by molar-refractivity contribution is 7.10. The number of aliphatic hydroxyl groups is 1. The van der Waals surface area contributed by atoms with Gasteiger partial charge in [-0.1, -0.05) is 54.1 Å². The van der Waals surface area contributed by atoms with Gasteiger partial charge in [0.2, 0.25) is 0 Å². The van der Waals surface area contributed by atoms with E-state index in [9.17, 15) is 15.0 Å². The molecule has 1 aliphatic carbocycles. The Balaban J connectivity index is 1.26. The summed E-state index contributed by atoms with van der Waals surface area (Å²) in [5, 5.41) is 22.5. The number of benzene rings is 2. The van der Waals surface area contributed by atoms with Crippen LogP contribution >= 0.6 is 11.3 Å². The van der Waals surface area contributed by atoms with Crippen LogP contribution in [0.1, 0.15) is 71.9 Å². The zero-order valence-corrected chi connectivity index (χ0v) is 22.0. The number of fused-ring (bicyclic) bond motifs is 2. The molecule has 4 nitrogen and oxygen atoms in total. The van der Waals surface area contributed by atoms with Crippen LogP contribution in [0.3, 0.4) is 0 Å². The Hall–Kier alpha value is -2.73. The lowest BCUT2D eigenvalue weighted by molar-refractivity contribution is -0.142. The smallest absolute Gasteiger partial charge is 0.313 e. The lowest BCUT2D eigenvalue weighted by Gasteiger charge is -2.30. The van der Waals surface area contributed by atoms with E-state index in [0.717, 1.165) is 55.8 Å². The maximum Gasteiger partial charge on any atom is 0.313 e. The van der Waals surface area contributed by atoms with Crippen LogP contribution in [-0.4, -0.2) is 40.7 Å². The Labute approximate surface area is 217 Å². The summed E-state index contributed by atoms with van der Waals surface area (Å²) in [5.74, 6) is -0.793. The van der Waals surface area contributed by atoms with Crippen molar-refractivity contribution in [3.05, 3.63) is 98.2 Å². The summed E-state index contributed by atoms with van der Waals surface area (Å²) in [4.78, 5) is 15.3. The standard InChI is InChI=1S/C31H35NO3S/c1-31(2,30(34)35)24-10-5-7-21(19-24)8-6-15-32-16-12-22(13-17-32)28-25-11-4-3-9-23(25)20-27(33)29-26(28)14-18-36-29/h3-5,7,9-11,14,18-19,27,33H,6,8,12-13,15-17,20H2,1-2H3,(H,34,35). The van der Waals surface area contributed by atoms with Crippen LogP contribution in [-0.2, 0) is 23.1 Å². The molecule has 1 unspecified atom stereocenters. The lowest BCUT2D eigenvalue weighted by atomic mass is 9.84. The summed E-state index contributed by atoms with van der Waals surface area (Å²) in [7, 11) is 0. The monoisotopic (exact) mass is 501 g/mol. The molecule has 2 aliphatic rings. The number of piperidine rings is 1. The Morgan fingerprint density at radius 1 is 1.06 bits per heavy atom. The number of likely N-dealkylation sites (tertiary alicyclic amines) is 1. The lowest BCUT2D eigenvalue weighted by Crippen LogP contribution is -2.32. The van der Waals surface area contributed by atoms with Gasteiger partial charge in [0.15, 0.2) is 0 Å². The number of nitrogens with zero attached hydrogens (tertiary/aromatic N) is 1. The Morgan fingerprint density at radius 3 is 2.61 bits per heavy atom. The van der Waals surface area contributed by atoms with Crippen molar-refractivity contribution >= 4 is 22.9 Å². The molecule has 188 valence electrons. The molecule has 0 radical (unpaired) electrons. The summed E-state index contributed by atoms with van der Waals surface area (Å²) < 4.78 is 0. The number of carboxylic acids is 1. The fourth-order valence-electron chi connectivity index (χ4n) is 5.60. The van der Waals surface area contributed by atoms with Crippen molar-refractivity contribution in [3.63, 3.8) is 0 Å². The first-order chi connectivity index (χ1) is 17.3. The van der Waals surface area contributed by atoms with Gasteiger partial charge >= 0.3 is 5.97 Å². The molecule has 3 aromatic rings. The van der Waals surface area contributed by atoms with Gasteiger partial charge in [0, 0.05) is 24.4 Å². The predicted molar refractivity (Wildman–Crippen MR) is 147 cm³/mol. The zero-order valence-electron chi connectivity index (χ0n) is 21.2. The van der Waals surface area contributed by atoms with Gasteiger partial charge in [0.1, 0.15) is 0 Å². The van der Waals surface area contributed by atoms with E-state index in [4.69, 9.17) is 0 Å². The molecule has 1 aliphatic heterocycles. The van der Waals surface area contributed by atoms with Crippen molar-refractivity contribution in [2.45, 2.75) is 57.5 Å². The predicted octanol–water partition coefficient (Wildman–Crippen LogP) is 6.23.